The average molecular weight is 401 g/mol. The highest BCUT2D eigenvalue weighted by Gasteiger charge is 2.29. The summed E-state index contributed by atoms with van der Waals surface area (Å²) in [5.41, 5.74) is 0.574. The van der Waals surface area contributed by atoms with E-state index in [-0.39, 0.29) is 5.69 Å². The maximum atomic E-state index is 13.1. The molecule has 2 aromatic rings. The molecule has 0 aliphatic heterocycles. The lowest BCUT2D eigenvalue weighted by atomic mass is 10.2. The predicted octanol–water partition coefficient (Wildman–Crippen LogP) is 3.28. The summed E-state index contributed by atoms with van der Waals surface area (Å²) in [6, 6.07) is 8.43. The van der Waals surface area contributed by atoms with E-state index in [1.807, 2.05) is 0 Å². The number of amides is 1. The normalized spacial score (nSPS) is 12.3. The molecule has 6 nitrogen and oxygen atoms in total. The van der Waals surface area contributed by atoms with Crippen molar-refractivity contribution in [2.75, 3.05) is 23.0 Å². The molecule has 0 aliphatic rings. The Hall–Kier alpha value is -2.32. The third kappa shape index (κ3) is 4.64. The molecule has 0 bridgehead atoms. The first kappa shape index (κ1) is 20.0. The van der Waals surface area contributed by atoms with Crippen LogP contribution in [0.15, 0.2) is 42.5 Å². The Labute approximate surface area is 156 Å². The molecule has 0 unspecified atom stereocenters. The summed E-state index contributed by atoms with van der Waals surface area (Å²) in [5.74, 6) is -0.630. The molecule has 0 aromatic heterocycles. The van der Waals surface area contributed by atoms with E-state index < -0.39 is 27.8 Å². The van der Waals surface area contributed by atoms with Crippen molar-refractivity contribution in [2.45, 2.75) is 13.0 Å². The molecule has 1 atom stereocenters. The van der Waals surface area contributed by atoms with Crippen molar-refractivity contribution in [3.8, 4) is 5.75 Å². The fourth-order valence-corrected chi connectivity index (χ4v) is 3.82. The number of hydrogen-bond acceptors (Lipinski definition) is 4. The summed E-state index contributed by atoms with van der Waals surface area (Å²) in [4.78, 5) is 12.5. The van der Waals surface area contributed by atoms with E-state index in [2.05, 4.69) is 5.32 Å². The van der Waals surface area contributed by atoms with Gasteiger partial charge in [-0.25, -0.2) is 12.8 Å². The van der Waals surface area contributed by atoms with E-state index >= 15 is 0 Å². The number of rotatable bonds is 6. The lowest BCUT2D eigenvalue weighted by Crippen LogP contribution is -2.45. The Morgan fingerprint density at radius 2 is 1.85 bits per heavy atom. The summed E-state index contributed by atoms with van der Waals surface area (Å²) in [6.07, 6.45) is 0.977. The number of sulfonamides is 1. The van der Waals surface area contributed by atoms with E-state index in [1.54, 1.807) is 12.1 Å². The van der Waals surface area contributed by atoms with Crippen molar-refractivity contribution >= 4 is 38.9 Å². The molecule has 0 saturated heterocycles. The fourth-order valence-electron chi connectivity index (χ4n) is 2.39. The van der Waals surface area contributed by atoms with Crippen molar-refractivity contribution in [1.29, 1.82) is 0 Å². The first-order valence-electron chi connectivity index (χ1n) is 7.53. The molecular formula is C17H18ClFN2O4S. The first-order chi connectivity index (χ1) is 12.1. The summed E-state index contributed by atoms with van der Waals surface area (Å²) < 4.78 is 43.4. The van der Waals surface area contributed by atoms with Gasteiger partial charge in [-0.05, 0) is 49.4 Å². The number of nitrogens with zero attached hydrogens (tertiary/aromatic N) is 1. The maximum absolute atomic E-state index is 13.1. The summed E-state index contributed by atoms with van der Waals surface area (Å²) in [7, 11) is -2.32. The molecule has 0 aliphatic carbocycles. The van der Waals surface area contributed by atoms with Gasteiger partial charge in [0.05, 0.1) is 24.1 Å². The molecule has 0 heterocycles. The smallest absolute Gasteiger partial charge is 0.247 e. The molecule has 0 fully saturated rings. The second kappa shape index (κ2) is 7.92. The van der Waals surface area contributed by atoms with Gasteiger partial charge >= 0.3 is 0 Å². The van der Waals surface area contributed by atoms with Crippen LogP contribution >= 0.6 is 11.6 Å². The lowest BCUT2D eigenvalue weighted by Gasteiger charge is -2.28. The molecule has 1 N–H and O–H groups in total. The van der Waals surface area contributed by atoms with Crippen LogP contribution in [0, 0.1) is 5.82 Å². The van der Waals surface area contributed by atoms with Gasteiger partial charge in [0.15, 0.2) is 0 Å². The largest absolute Gasteiger partial charge is 0.495 e. The highest BCUT2D eigenvalue weighted by molar-refractivity contribution is 7.92. The molecule has 1 amide bonds. The number of benzene rings is 2. The molecule has 9 heteroatoms. The van der Waals surface area contributed by atoms with Gasteiger partial charge in [0.25, 0.3) is 0 Å². The number of nitrogens with one attached hydrogen (secondary N) is 1. The number of methoxy groups -OCH3 is 1. The van der Waals surface area contributed by atoms with Crippen molar-refractivity contribution in [1.82, 2.24) is 0 Å². The summed E-state index contributed by atoms with van der Waals surface area (Å²) >= 11 is 6.02. The quantitative estimate of drug-likeness (QED) is 0.807. The minimum absolute atomic E-state index is 0.185. The van der Waals surface area contributed by atoms with E-state index in [4.69, 9.17) is 16.3 Å². The number of anilines is 2. The van der Waals surface area contributed by atoms with Crippen molar-refractivity contribution in [3.63, 3.8) is 0 Å². The van der Waals surface area contributed by atoms with Crippen molar-refractivity contribution in [3.05, 3.63) is 53.3 Å². The van der Waals surface area contributed by atoms with Gasteiger partial charge in [0.1, 0.15) is 17.6 Å². The highest BCUT2D eigenvalue weighted by Crippen LogP contribution is 2.28. The molecule has 0 radical (unpaired) electrons. The van der Waals surface area contributed by atoms with Crippen LogP contribution in [0.1, 0.15) is 6.92 Å². The Morgan fingerprint density at radius 1 is 1.23 bits per heavy atom. The third-order valence-electron chi connectivity index (χ3n) is 3.59. The molecule has 2 aromatic carbocycles. The predicted molar refractivity (Wildman–Crippen MR) is 99.8 cm³/mol. The van der Waals surface area contributed by atoms with Gasteiger partial charge in [0.2, 0.25) is 15.9 Å². The van der Waals surface area contributed by atoms with Crippen LogP contribution < -0.4 is 14.4 Å². The van der Waals surface area contributed by atoms with Gasteiger partial charge in [-0.15, -0.1) is 0 Å². The number of halogens is 2. The fraction of sp³-hybridized carbons (Fsp3) is 0.235. The molecular weight excluding hydrogens is 383 g/mol. The number of ether oxygens (including phenoxy) is 1. The van der Waals surface area contributed by atoms with Gasteiger partial charge in [-0.2, -0.15) is 0 Å². The Balaban J connectivity index is 2.27. The zero-order chi connectivity index (χ0) is 19.5. The lowest BCUT2D eigenvalue weighted by molar-refractivity contribution is -0.116. The van der Waals surface area contributed by atoms with E-state index in [0.717, 1.165) is 22.7 Å². The van der Waals surface area contributed by atoms with E-state index in [1.165, 1.54) is 32.2 Å². The highest BCUT2D eigenvalue weighted by atomic mass is 35.5. The standard InChI is InChI=1S/C17H18ClFN2O4S/c1-11(17(22)20-13-6-9-16(25-2)15(18)10-13)21(26(3,23)24)14-7-4-12(19)5-8-14/h4-11H,1-3H3,(H,20,22)/t11-/m1/s1. The van der Waals surface area contributed by atoms with Crippen LogP contribution in [0.4, 0.5) is 15.8 Å². The van der Waals surface area contributed by atoms with Crippen LogP contribution in [0.5, 0.6) is 5.75 Å². The number of hydrogen-bond donors (Lipinski definition) is 1. The zero-order valence-electron chi connectivity index (χ0n) is 14.4. The maximum Gasteiger partial charge on any atom is 0.247 e. The second-order valence-corrected chi connectivity index (χ2v) is 7.82. The van der Waals surface area contributed by atoms with Crippen LogP contribution in [0.25, 0.3) is 0 Å². The number of carbonyl (C=O) groups is 1. The van der Waals surface area contributed by atoms with Gasteiger partial charge in [0, 0.05) is 5.69 Å². The van der Waals surface area contributed by atoms with Gasteiger partial charge in [-0.3, -0.25) is 9.10 Å². The molecule has 0 saturated carbocycles. The molecule has 140 valence electrons. The third-order valence-corrected chi connectivity index (χ3v) is 5.13. The number of carbonyl (C=O) groups excluding carboxylic acids is 1. The van der Waals surface area contributed by atoms with Crippen LogP contribution in [0.3, 0.4) is 0 Å². The minimum Gasteiger partial charge on any atom is -0.495 e. The zero-order valence-corrected chi connectivity index (χ0v) is 15.9. The van der Waals surface area contributed by atoms with Crippen molar-refractivity contribution < 1.29 is 22.3 Å². The Bertz CT molecular complexity index is 903. The minimum atomic E-state index is -3.78. The molecule has 2 rings (SSSR count). The SMILES string of the molecule is COc1ccc(NC(=O)[C@@H](C)N(c2ccc(F)cc2)S(C)(=O)=O)cc1Cl. The van der Waals surface area contributed by atoms with Gasteiger partial charge in [-0.1, -0.05) is 11.6 Å². The second-order valence-electron chi connectivity index (χ2n) is 5.55. The van der Waals surface area contributed by atoms with Crippen LogP contribution in [-0.4, -0.2) is 33.7 Å². The van der Waals surface area contributed by atoms with Crippen molar-refractivity contribution in [2.24, 2.45) is 0 Å². The van der Waals surface area contributed by atoms with Crippen LogP contribution in [-0.2, 0) is 14.8 Å². The molecule has 26 heavy (non-hydrogen) atoms. The monoisotopic (exact) mass is 400 g/mol. The van der Waals surface area contributed by atoms with Crippen LogP contribution in [0.2, 0.25) is 5.02 Å². The van der Waals surface area contributed by atoms with E-state index in [0.29, 0.717) is 16.5 Å². The van der Waals surface area contributed by atoms with Gasteiger partial charge < -0.3 is 10.1 Å². The topological polar surface area (TPSA) is 75.7 Å². The summed E-state index contributed by atoms with van der Waals surface area (Å²) in [5, 5.41) is 2.91. The first-order valence-corrected chi connectivity index (χ1v) is 9.75. The Morgan fingerprint density at radius 3 is 2.35 bits per heavy atom. The van der Waals surface area contributed by atoms with E-state index in [9.17, 15) is 17.6 Å². The summed E-state index contributed by atoms with van der Waals surface area (Å²) in [6.45, 7) is 1.44. The Kier molecular flexibility index (Phi) is 6.09. The molecule has 0 spiro atoms. The average Bonchev–Trinajstić information content (AvgIpc) is 2.55.